The number of nitrogens with zero attached hydrogens (tertiary/aromatic N) is 3. The van der Waals surface area contributed by atoms with E-state index in [1.54, 1.807) is 45.0 Å². The summed E-state index contributed by atoms with van der Waals surface area (Å²) in [6.07, 6.45) is 0.979. The lowest BCUT2D eigenvalue weighted by Gasteiger charge is -2.25. The van der Waals surface area contributed by atoms with Gasteiger partial charge in [-0.1, -0.05) is 24.3 Å². The van der Waals surface area contributed by atoms with Crippen LogP contribution in [0.25, 0.3) is 0 Å². The highest BCUT2D eigenvalue weighted by Crippen LogP contribution is 2.35. The minimum Gasteiger partial charge on any atom is -0.444 e. The van der Waals surface area contributed by atoms with E-state index in [0.29, 0.717) is 12.0 Å². The molecule has 0 saturated heterocycles. The number of hydrogen-bond donors (Lipinski definition) is 3. The molecule has 4 rings (SSSR count). The molecule has 0 radical (unpaired) electrons. The Bertz CT molecular complexity index is 1370. The molecule has 3 aromatic rings. The number of halogens is 1. The van der Waals surface area contributed by atoms with Gasteiger partial charge in [0, 0.05) is 12.0 Å². The fourth-order valence-electron chi connectivity index (χ4n) is 3.87. The molecule has 0 fully saturated rings. The van der Waals surface area contributed by atoms with E-state index in [4.69, 9.17) is 4.74 Å². The number of amides is 1. The molecule has 0 bridgehead atoms. The maximum atomic E-state index is 14.0. The smallest absolute Gasteiger partial charge is 0.412 e. The van der Waals surface area contributed by atoms with Gasteiger partial charge in [0.1, 0.15) is 17.6 Å². The van der Waals surface area contributed by atoms with E-state index in [9.17, 15) is 24.1 Å². The van der Waals surface area contributed by atoms with Crippen LogP contribution in [-0.2, 0) is 4.74 Å². The molecule has 12 heteroatoms. The number of fused-ring (bicyclic) bond motifs is 1. The Morgan fingerprint density at radius 2 is 1.95 bits per heavy atom. The molecule has 1 aromatic heterocycles. The van der Waals surface area contributed by atoms with Crippen molar-refractivity contribution in [2.75, 3.05) is 16.0 Å². The van der Waals surface area contributed by atoms with Gasteiger partial charge in [-0.15, -0.1) is 0 Å². The SMILES string of the molecule is CC(C)(C)OC(=O)Nc1ccc(F)cc1Nc1ncc([N+](=O)[O-])c(NC2CCC(=O)c3ccccc32)n1. The number of Topliss-reactive ketones (excluding diaryl/α,β-unsaturated/α-hetero) is 1. The Balaban J connectivity index is 1.63. The van der Waals surface area contributed by atoms with Crippen LogP contribution in [-0.4, -0.2) is 32.4 Å². The van der Waals surface area contributed by atoms with Crippen LogP contribution in [0, 0.1) is 15.9 Å². The first-order valence-electron chi connectivity index (χ1n) is 11.5. The van der Waals surface area contributed by atoms with Crippen molar-refractivity contribution in [1.82, 2.24) is 9.97 Å². The van der Waals surface area contributed by atoms with Gasteiger partial charge in [0.05, 0.1) is 22.3 Å². The van der Waals surface area contributed by atoms with Crippen molar-refractivity contribution in [2.24, 2.45) is 0 Å². The molecule has 0 spiro atoms. The number of carbonyl (C=O) groups is 2. The van der Waals surface area contributed by atoms with Gasteiger partial charge in [0.25, 0.3) is 0 Å². The standard InChI is InChI=1S/C25H25FN6O5/c1-25(2,3)37-24(34)30-18-9-8-14(26)12-19(18)29-23-27-13-20(32(35)36)22(31-23)28-17-10-11-21(33)16-7-5-4-6-15(16)17/h4-9,12-13,17H,10-11H2,1-3H3,(H,30,34)(H2,27,28,29,31). The van der Waals surface area contributed by atoms with Crippen molar-refractivity contribution in [2.45, 2.75) is 45.3 Å². The second-order valence-corrected chi connectivity index (χ2v) is 9.37. The molecule has 3 N–H and O–H groups in total. The lowest BCUT2D eigenvalue weighted by Crippen LogP contribution is -2.27. The fraction of sp³-hybridized carbons (Fsp3) is 0.280. The van der Waals surface area contributed by atoms with E-state index >= 15 is 0 Å². The van der Waals surface area contributed by atoms with Crippen molar-refractivity contribution in [3.05, 3.63) is 75.7 Å². The van der Waals surface area contributed by atoms with Crippen molar-refractivity contribution in [1.29, 1.82) is 0 Å². The normalized spacial score (nSPS) is 14.9. The molecule has 1 amide bonds. The first-order valence-corrected chi connectivity index (χ1v) is 11.5. The van der Waals surface area contributed by atoms with Gasteiger partial charge < -0.3 is 15.4 Å². The first kappa shape index (κ1) is 25.5. The molecule has 2 aromatic carbocycles. The third kappa shape index (κ3) is 6.15. The predicted octanol–water partition coefficient (Wildman–Crippen LogP) is 5.74. The highest BCUT2D eigenvalue weighted by atomic mass is 19.1. The van der Waals surface area contributed by atoms with Gasteiger partial charge in [0.15, 0.2) is 5.78 Å². The van der Waals surface area contributed by atoms with Crippen molar-refractivity contribution in [3.8, 4) is 0 Å². The maximum absolute atomic E-state index is 14.0. The number of hydrogen-bond acceptors (Lipinski definition) is 9. The van der Waals surface area contributed by atoms with E-state index < -0.39 is 28.5 Å². The van der Waals surface area contributed by atoms with Crippen molar-refractivity contribution >= 4 is 40.7 Å². The zero-order chi connectivity index (χ0) is 26.7. The summed E-state index contributed by atoms with van der Waals surface area (Å²) >= 11 is 0. The van der Waals surface area contributed by atoms with Gasteiger partial charge in [-0.25, -0.2) is 14.2 Å². The van der Waals surface area contributed by atoms with E-state index in [2.05, 4.69) is 25.9 Å². The number of rotatable bonds is 6. The molecule has 37 heavy (non-hydrogen) atoms. The van der Waals surface area contributed by atoms with Gasteiger partial charge in [-0.05, 0) is 51.0 Å². The molecule has 1 atom stereocenters. The summed E-state index contributed by atoms with van der Waals surface area (Å²) in [5.41, 5.74) is 0.453. The van der Waals surface area contributed by atoms with E-state index in [-0.39, 0.29) is 41.0 Å². The minimum absolute atomic E-state index is 0.00399. The zero-order valence-electron chi connectivity index (χ0n) is 20.4. The third-order valence-electron chi connectivity index (χ3n) is 5.44. The summed E-state index contributed by atoms with van der Waals surface area (Å²) in [5, 5.41) is 20.1. The van der Waals surface area contributed by atoms with E-state index in [1.807, 2.05) is 0 Å². The maximum Gasteiger partial charge on any atom is 0.412 e. The van der Waals surface area contributed by atoms with Crippen molar-refractivity contribution < 1.29 is 23.6 Å². The molecular weight excluding hydrogens is 483 g/mol. The topological polar surface area (TPSA) is 148 Å². The number of anilines is 4. The number of nitrogens with one attached hydrogen (secondary N) is 3. The Morgan fingerprint density at radius 3 is 2.68 bits per heavy atom. The van der Waals surface area contributed by atoms with Gasteiger partial charge >= 0.3 is 11.8 Å². The summed E-state index contributed by atoms with van der Waals surface area (Å²) in [6, 6.07) is 10.3. The first-order chi connectivity index (χ1) is 17.5. The van der Waals surface area contributed by atoms with Crippen molar-refractivity contribution in [3.63, 3.8) is 0 Å². The summed E-state index contributed by atoms with van der Waals surface area (Å²) < 4.78 is 19.3. The van der Waals surface area contributed by atoms with Gasteiger partial charge in [-0.3, -0.25) is 20.2 Å². The van der Waals surface area contributed by atoms with Crippen LogP contribution in [0.3, 0.4) is 0 Å². The molecule has 11 nitrogen and oxygen atoms in total. The number of benzene rings is 2. The lowest BCUT2D eigenvalue weighted by atomic mass is 9.87. The highest BCUT2D eigenvalue weighted by molar-refractivity contribution is 5.99. The molecule has 1 heterocycles. The van der Waals surface area contributed by atoms with Crippen LogP contribution in [0.4, 0.5) is 38.0 Å². The molecule has 1 aliphatic carbocycles. The number of ether oxygens (including phenoxy) is 1. The number of ketones is 1. The molecule has 192 valence electrons. The summed E-state index contributed by atoms with van der Waals surface area (Å²) in [6.45, 7) is 5.11. The van der Waals surface area contributed by atoms with E-state index in [1.165, 1.54) is 6.07 Å². The van der Waals surface area contributed by atoms with Crippen LogP contribution in [0.1, 0.15) is 55.6 Å². The number of nitro groups is 1. The Labute approximate surface area is 211 Å². The van der Waals surface area contributed by atoms with E-state index in [0.717, 1.165) is 23.9 Å². The third-order valence-corrected chi connectivity index (χ3v) is 5.44. The van der Waals surface area contributed by atoms with Crippen LogP contribution in [0.15, 0.2) is 48.7 Å². The van der Waals surface area contributed by atoms with Crippen LogP contribution in [0.5, 0.6) is 0 Å². The lowest BCUT2D eigenvalue weighted by molar-refractivity contribution is -0.384. The largest absolute Gasteiger partial charge is 0.444 e. The summed E-state index contributed by atoms with van der Waals surface area (Å²) in [5.74, 6) is -0.744. The Hall–Kier alpha value is -4.61. The monoisotopic (exact) mass is 508 g/mol. The highest BCUT2D eigenvalue weighted by Gasteiger charge is 2.28. The molecule has 0 aliphatic heterocycles. The molecule has 0 saturated carbocycles. The number of aromatic nitrogens is 2. The van der Waals surface area contributed by atoms with Crippen LogP contribution < -0.4 is 16.0 Å². The summed E-state index contributed by atoms with van der Waals surface area (Å²) in [4.78, 5) is 43.8. The van der Waals surface area contributed by atoms with Gasteiger partial charge in [0.2, 0.25) is 11.8 Å². The van der Waals surface area contributed by atoms with Crippen LogP contribution in [0.2, 0.25) is 0 Å². The Kier molecular flexibility index (Phi) is 7.00. The fourth-order valence-corrected chi connectivity index (χ4v) is 3.87. The average Bonchev–Trinajstić information content (AvgIpc) is 2.81. The predicted molar refractivity (Wildman–Crippen MR) is 135 cm³/mol. The zero-order valence-corrected chi connectivity index (χ0v) is 20.4. The van der Waals surface area contributed by atoms with Gasteiger partial charge in [-0.2, -0.15) is 4.98 Å². The van der Waals surface area contributed by atoms with Crippen LogP contribution >= 0.6 is 0 Å². The second-order valence-electron chi connectivity index (χ2n) is 9.37. The average molecular weight is 509 g/mol. The molecular formula is C25H25FN6O5. The Morgan fingerprint density at radius 1 is 1.19 bits per heavy atom. The molecule has 1 unspecified atom stereocenters. The quantitative estimate of drug-likeness (QED) is 0.280. The molecule has 1 aliphatic rings. The second kappa shape index (κ2) is 10.2. The minimum atomic E-state index is -0.750. The number of carbonyl (C=O) groups excluding carboxylic acids is 2. The summed E-state index contributed by atoms with van der Waals surface area (Å²) in [7, 11) is 0.